The number of hydrogen-bond donors (Lipinski definition) is 2. The number of ether oxygens (including phenoxy) is 2. The number of benzene rings is 2. The van der Waals surface area contributed by atoms with Gasteiger partial charge in [-0.1, -0.05) is 35.9 Å². The Balaban J connectivity index is 1.11. The van der Waals surface area contributed by atoms with Crippen LogP contribution in [0.5, 0.6) is 5.75 Å². The van der Waals surface area contributed by atoms with Crippen molar-refractivity contribution < 1.29 is 19.4 Å². The minimum atomic E-state index is -0.934. The van der Waals surface area contributed by atoms with Gasteiger partial charge in [0.1, 0.15) is 12.4 Å². The van der Waals surface area contributed by atoms with Crippen LogP contribution < -0.4 is 10.1 Å². The number of carbonyl (C=O) groups is 1. The highest BCUT2D eigenvalue weighted by Gasteiger charge is 2.55. The summed E-state index contributed by atoms with van der Waals surface area (Å²) in [5.74, 6) is 1.35. The van der Waals surface area contributed by atoms with Crippen molar-refractivity contribution in [1.29, 1.82) is 0 Å². The van der Waals surface area contributed by atoms with Crippen molar-refractivity contribution >= 4 is 17.6 Å². The van der Waals surface area contributed by atoms with Crippen molar-refractivity contribution in [3.63, 3.8) is 0 Å². The Hall–Kier alpha value is -2.12. The molecule has 2 unspecified atom stereocenters. The van der Waals surface area contributed by atoms with Crippen LogP contribution in [0.25, 0.3) is 0 Å². The van der Waals surface area contributed by atoms with E-state index < -0.39 is 12.1 Å². The van der Waals surface area contributed by atoms with Gasteiger partial charge in [-0.2, -0.15) is 0 Å². The number of carboxylic acid groups (broad SMARTS) is 1. The average molecular weight is 459 g/mol. The van der Waals surface area contributed by atoms with Crippen LogP contribution in [-0.2, 0) is 22.5 Å². The van der Waals surface area contributed by atoms with Gasteiger partial charge in [0.25, 0.3) is 0 Å². The lowest BCUT2D eigenvalue weighted by Gasteiger charge is -2.20. The number of nitrogens with one attached hydrogen (secondary N) is 1. The van der Waals surface area contributed by atoms with Gasteiger partial charge in [0.05, 0.1) is 0 Å². The molecule has 2 N–H and O–H groups in total. The first-order valence-electron chi connectivity index (χ1n) is 11.3. The molecule has 7 heteroatoms. The van der Waals surface area contributed by atoms with E-state index in [1.54, 1.807) is 6.92 Å². The summed E-state index contributed by atoms with van der Waals surface area (Å²) in [5, 5.41) is 13.6. The van der Waals surface area contributed by atoms with E-state index in [9.17, 15) is 9.90 Å². The number of rotatable bonds is 12. The summed E-state index contributed by atoms with van der Waals surface area (Å²) in [4.78, 5) is 13.7. The third-order valence-electron chi connectivity index (χ3n) is 6.33. The molecule has 0 spiro atoms. The van der Waals surface area contributed by atoms with Crippen LogP contribution >= 0.6 is 11.6 Å². The van der Waals surface area contributed by atoms with Crippen molar-refractivity contribution in [3.8, 4) is 5.75 Å². The van der Waals surface area contributed by atoms with Crippen molar-refractivity contribution in [3.05, 3.63) is 64.7 Å². The third-order valence-corrected chi connectivity index (χ3v) is 6.58. The summed E-state index contributed by atoms with van der Waals surface area (Å²) in [7, 11) is 0. The predicted molar refractivity (Wildman–Crippen MR) is 124 cm³/mol. The molecule has 172 valence electrons. The SMILES string of the molecule is CCO[C@H](Cc1ccc(OCCNC2C3CN(Cc4ccc(Cl)cc4)C[C@@H]32)cc1)C(=O)O. The van der Waals surface area contributed by atoms with Gasteiger partial charge in [-0.05, 0) is 54.2 Å². The maximum absolute atomic E-state index is 11.2. The fourth-order valence-corrected chi connectivity index (χ4v) is 4.77. The zero-order valence-electron chi connectivity index (χ0n) is 18.4. The molecule has 6 nitrogen and oxygen atoms in total. The van der Waals surface area contributed by atoms with Crippen LogP contribution in [0.1, 0.15) is 18.1 Å². The lowest BCUT2D eigenvalue weighted by Crippen LogP contribution is -2.33. The van der Waals surface area contributed by atoms with E-state index in [1.807, 2.05) is 36.4 Å². The molecule has 2 fully saturated rings. The largest absolute Gasteiger partial charge is 0.492 e. The highest BCUT2D eigenvalue weighted by molar-refractivity contribution is 6.30. The number of halogens is 1. The lowest BCUT2D eigenvalue weighted by molar-refractivity contribution is -0.149. The first-order valence-corrected chi connectivity index (χ1v) is 11.7. The van der Waals surface area contributed by atoms with E-state index in [2.05, 4.69) is 22.3 Å². The molecule has 0 radical (unpaired) electrons. The molecule has 2 aromatic carbocycles. The second-order valence-electron chi connectivity index (χ2n) is 8.61. The summed E-state index contributed by atoms with van der Waals surface area (Å²) in [6.45, 7) is 6.90. The summed E-state index contributed by atoms with van der Waals surface area (Å²) < 4.78 is 11.1. The molecule has 4 atom stereocenters. The predicted octanol–water partition coefficient (Wildman–Crippen LogP) is 3.47. The summed E-state index contributed by atoms with van der Waals surface area (Å²) in [6.07, 6.45) is -0.458. The normalized spacial score (nSPS) is 23.0. The van der Waals surface area contributed by atoms with E-state index in [0.717, 1.165) is 54.4 Å². The molecule has 0 bridgehead atoms. The molecule has 1 aliphatic carbocycles. The summed E-state index contributed by atoms with van der Waals surface area (Å²) >= 11 is 5.97. The number of carboxylic acids is 1. The van der Waals surface area contributed by atoms with E-state index in [-0.39, 0.29) is 0 Å². The molecule has 2 aliphatic rings. The summed E-state index contributed by atoms with van der Waals surface area (Å²) in [6, 6.07) is 16.3. The second-order valence-corrected chi connectivity index (χ2v) is 9.04. The van der Waals surface area contributed by atoms with Crippen LogP contribution in [0, 0.1) is 11.8 Å². The zero-order chi connectivity index (χ0) is 22.5. The van der Waals surface area contributed by atoms with Crippen molar-refractivity contribution in [2.45, 2.75) is 32.0 Å². The van der Waals surface area contributed by atoms with Crippen molar-refractivity contribution in [2.75, 3.05) is 32.8 Å². The molecule has 0 amide bonds. The standard InChI is InChI=1S/C25H31ClN2O4/c1-2-31-23(25(29)30)13-17-5-9-20(10-6-17)32-12-11-27-24-21-15-28(16-22(21)24)14-18-3-7-19(26)8-4-18/h3-10,21-24,27H,2,11-16H2,1H3,(H,29,30)/t21-,22?,23+,24?/m0/s1. The zero-order valence-corrected chi connectivity index (χ0v) is 19.1. The maximum atomic E-state index is 11.2. The fraction of sp³-hybridized carbons (Fsp3) is 0.480. The molecular formula is C25H31ClN2O4. The first-order chi connectivity index (χ1) is 15.5. The molecule has 4 rings (SSSR count). The third kappa shape index (κ3) is 6.01. The molecule has 1 saturated heterocycles. The Morgan fingerprint density at radius 2 is 1.78 bits per heavy atom. The molecule has 32 heavy (non-hydrogen) atoms. The monoisotopic (exact) mass is 458 g/mol. The minimum absolute atomic E-state index is 0.352. The first kappa shape index (κ1) is 23.1. The molecule has 1 heterocycles. The van der Waals surface area contributed by atoms with Crippen LogP contribution in [0.4, 0.5) is 0 Å². The van der Waals surface area contributed by atoms with Gasteiger partial charge in [0, 0.05) is 50.3 Å². The van der Waals surface area contributed by atoms with E-state index in [1.165, 1.54) is 5.56 Å². The molecule has 0 aromatic heterocycles. The van der Waals surface area contributed by atoms with E-state index in [4.69, 9.17) is 21.1 Å². The van der Waals surface area contributed by atoms with Crippen LogP contribution in [0.2, 0.25) is 5.02 Å². The van der Waals surface area contributed by atoms with Crippen LogP contribution in [0.3, 0.4) is 0 Å². The Labute approximate surface area is 194 Å². The van der Waals surface area contributed by atoms with Gasteiger partial charge in [0.2, 0.25) is 0 Å². The van der Waals surface area contributed by atoms with Crippen molar-refractivity contribution in [1.82, 2.24) is 10.2 Å². The topological polar surface area (TPSA) is 71.0 Å². The van der Waals surface area contributed by atoms with E-state index >= 15 is 0 Å². The van der Waals surface area contributed by atoms with Gasteiger partial charge >= 0.3 is 5.97 Å². The maximum Gasteiger partial charge on any atom is 0.333 e. The number of aliphatic carboxylic acids is 1. The number of piperidine rings is 1. The van der Waals surface area contributed by atoms with Crippen LogP contribution in [-0.4, -0.2) is 61.0 Å². The Morgan fingerprint density at radius 3 is 2.41 bits per heavy atom. The molecule has 1 saturated carbocycles. The Morgan fingerprint density at radius 1 is 1.12 bits per heavy atom. The quantitative estimate of drug-likeness (QED) is 0.474. The molecule has 2 aromatic rings. The highest BCUT2D eigenvalue weighted by Crippen LogP contribution is 2.45. The highest BCUT2D eigenvalue weighted by atomic mass is 35.5. The van der Waals surface area contributed by atoms with Gasteiger partial charge in [-0.25, -0.2) is 4.79 Å². The average Bonchev–Trinajstić information content (AvgIpc) is 3.23. The molecular weight excluding hydrogens is 428 g/mol. The minimum Gasteiger partial charge on any atom is -0.492 e. The smallest absolute Gasteiger partial charge is 0.333 e. The fourth-order valence-electron chi connectivity index (χ4n) is 4.64. The lowest BCUT2D eigenvalue weighted by atomic mass is 10.1. The number of fused-ring (bicyclic) bond motifs is 1. The van der Waals surface area contributed by atoms with E-state index in [0.29, 0.717) is 25.7 Å². The Kier molecular flexibility index (Phi) is 7.68. The van der Waals surface area contributed by atoms with Gasteiger partial charge < -0.3 is 19.9 Å². The van der Waals surface area contributed by atoms with Gasteiger partial charge in [-0.15, -0.1) is 0 Å². The second kappa shape index (κ2) is 10.7. The number of hydrogen-bond acceptors (Lipinski definition) is 5. The number of likely N-dealkylation sites (tertiary alicyclic amines) is 1. The van der Waals surface area contributed by atoms with Gasteiger partial charge in [-0.3, -0.25) is 4.90 Å². The van der Waals surface area contributed by atoms with Crippen LogP contribution in [0.15, 0.2) is 48.5 Å². The summed E-state index contributed by atoms with van der Waals surface area (Å²) in [5.41, 5.74) is 2.24. The molecule has 1 aliphatic heterocycles. The van der Waals surface area contributed by atoms with Crippen molar-refractivity contribution in [2.24, 2.45) is 11.8 Å². The Bertz CT molecular complexity index is 878. The van der Waals surface area contributed by atoms with Gasteiger partial charge in [0.15, 0.2) is 6.10 Å². The number of nitrogens with zero attached hydrogens (tertiary/aromatic N) is 1.